The Bertz CT molecular complexity index is 692. The lowest BCUT2D eigenvalue weighted by Gasteiger charge is -2.13. The first-order chi connectivity index (χ1) is 9.43. The zero-order chi connectivity index (χ0) is 14.9. The Morgan fingerprint density at radius 2 is 2.00 bits per heavy atom. The maximum absolute atomic E-state index is 13.9. The lowest BCUT2D eigenvalue weighted by Crippen LogP contribution is -2.02. The molecule has 4 N–H and O–H groups in total. The van der Waals surface area contributed by atoms with Gasteiger partial charge in [0.2, 0.25) is 0 Å². The Balaban J connectivity index is 2.45. The highest BCUT2D eigenvalue weighted by molar-refractivity contribution is 9.10. The number of nitrogens with one attached hydrogen (secondary N) is 2. The van der Waals surface area contributed by atoms with E-state index in [4.69, 9.17) is 22.7 Å². The van der Waals surface area contributed by atoms with Crippen LogP contribution in [-0.4, -0.2) is 6.21 Å². The van der Waals surface area contributed by atoms with Crippen LogP contribution in [-0.2, 0) is 0 Å². The van der Waals surface area contributed by atoms with Crippen molar-refractivity contribution in [2.24, 2.45) is 0 Å². The summed E-state index contributed by atoms with van der Waals surface area (Å²) in [6.45, 7) is 0. The van der Waals surface area contributed by atoms with Crippen molar-refractivity contribution in [3.05, 3.63) is 51.0 Å². The van der Waals surface area contributed by atoms with Gasteiger partial charge in [0.15, 0.2) is 5.82 Å². The van der Waals surface area contributed by atoms with Crippen LogP contribution in [0.1, 0.15) is 5.56 Å². The van der Waals surface area contributed by atoms with Gasteiger partial charge in [-0.1, -0.05) is 11.6 Å². The van der Waals surface area contributed by atoms with Crippen LogP contribution in [0.15, 0.2) is 28.7 Å². The van der Waals surface area contributed by atoms with Gasteiger partial charge in [-0.2, -0.15) is 0 Å². The first-order valence-electron chi connectivity index (χ1n) is 5.44. The Morgan fingerprint density at radius 1 is 1.30 bits per heavy atom. The van der Waals surface area contributed by atoms with Crippen LogP contribution in [0.3, 0.4) is 0 Å². The lowest BCUT2D eigenvalue weighted by molar-refractivity contribution is 0.626. The minimum absolute atomic E-state index is 0.0469. The third-order valence-corrected chi connectivity index (χ3v) is 3.70. The van der Waals surface area contributed by atoms with Gasteiger partial charge in [0, 0.05) is 17.5 Å². The van der Waals surface area contributed by atoms with Crippen molar-refractivity contribution in [2.75, 3.05) is 11.1 Å². The van der Waals surface area contributed by atoms with Crippen LogP contribution in [0.25, 0.3) is 0 Å². The van der Waals surface area contributed by atoms with Gasteiger partial charge in [0.05, 0.1) is 20.9 Å². The van der Waals surface area contributed by atoms with Gasteiger partial charge < -0.3 is 16.5 Å². The average Bonchev–Trinajstić information content (AvgIpc) is 2.43. The van der Waals surface area contributed by atoms with Crippen molar-refractivity contribution in [3.8, 4) is 0 Å². The number of nitrogen functional groups attached to an aromatic ring is 1. The molecular weight excluding hydrogens is 352 g/mol. The fraction of sp³-hybridized carbons (Fsp3) is 0. The molecule has 0 unspecified atom stereocenters. The van der Waals surface area contributed by atoms with Gasteiger partial charge in [0.1, 0.15) is 5.82 Å². The van der Waals surface area contributed by atoms with Crippen LogP contribution < -0.4 is 11.1 Å². The van der Waals surface area contributed by atoms with E-state index in [-0.39, 0.29) is 20.7 Å². The smallest absolute Gasteiger partial charge is 0.163 e. The molecule has 0 amide bonds. The molecule has 0 radical (unpaired) electrons. The van der Waals surface area contributed by atoms with Crippen molar-refractivity contribution < 1.29 is 8.78 Å². The van der Waals surface area contributed by atoms with Crippen LogP contribution >= 0.6 is 27.5 Å². The number of anilines is 3. The van der Waals surface area contributed by atoms with Crippen molar-refractivity contribution >= 4 is 50.8 Å². The Hall–Kier alpha value is -1.66. The Labute approximate surface area is 127 Å². The van der Waals surface area contributed by atoms with E-state index >= 15 is 0 Å². The van der Waals surface area contributed by atoms with Gasteiger partial charge in [-0.3, -0.25) is 0 Å². The summed E-state index contributed by atoms with van der Waals surface area (Å²) >= 11 is 8.76. The van der Waals surface area contributed by atoms with E-state index in [1.807, 2.05) is 0 Å². The molecule has 0 saturated carbocycles. The van der Waals surface area contributed by atoms with E-state index in [0.29, 0.717) is 11.4 Å². The van der Waals surface area contributed by atoms with E-state index in [9.17, 15) is 8.78 Å². The summed E-state index contributed by atoms with van der Waals surface area (Å²) in [5, 5.41) is 10.0. The second-order valence-corrected chi connectivity index (χ2v) is 5.15. The molecule has 20 heavy (non-hydrogen) atoms. The predicted molar refractivity (Wildman–Crippen MR) is 81.1 cm³/mol. The van der Waals surface area contributed by atoms with Gasteiger partial charge in [-0.15, -0.1) is 0 Å². The minimum atomic E-state index is -0.665. The molecule has 0 atom stereocenters. The molecule has 0 saturated heterocycles. The summed E-state index contributed by atoms with van der Waals surface area (Å²) in [5.74, 6) is -1.21. The summed E-state index contributed by atoms with van der Waals surface area (Å²) < 4.78 is 27.1. The summed E-state index contributed by atoms with van der Waals surface area (Å²) in [7, 11) is 0. The molecule has 0 aliphatic heterocycles. The van der Waals surface area contributed by atoms with Crippen LogP contribution in [0.5, 0.6) is 0 Å². The molecule has 104 valence electrons. The third kappa shape index (κ3) is 2.76. The molecule has 0 aliphatic carbocycles. The van der Waals surface area contributed by atoms with Gasteiger partial charge in [-0.05, 0) is 40.2 Å². The van der Waals surface area contributed by atoms with Crippen LogP contribution in [0.4, 0.5) is 25.8 Å². The first-order valence-corrected chi connectivity index (χ1v) is 6.61. The van der Waals surface area contributed by atoms with Gasteiger partial charge >= 0.3 is 0 Å². The Kier molecular flexibility index (Phi) is 4.25. The topological polar surface area (TPSA) is 61.9 Å². The molecule has 0 bridgehead atoms. The van der Waals surface area contributed by atoms with Crippen LogP contribution in [0.2, 0.25) is 5.02 Å². The van der Waals surface area contributed by atoms with E-state index in [0.717, 1.165) is 6.21 Å². The fourth-order valence-corrected chi connectivity index (χ4v) is 2.21. The molecule has 0 heterocycles. The molecule has 0 aromatic heterocycles. The monoisotopic (exact) mass is 359 g/mol. The van der Waals surface area contributed by atoms with E-state index in [2.05, 4.69) is 21.2 Å². The molecular formula is C13H9BrClF2N3. The predicted octanol–water partition coefficient (Wildman–Crippen LogP) is 4.70. The number of benzene rings is 2. The fourth-order valence-electron chi connectivity index (χ4n) is 1.60. The van der Waals surface area contributed by atoms with Crippen molar-refractivity contribution in [3.63, 3.8) is 0 Å². The zero-order valence-electron chi connectivity index (χ0n) is 9.98. The van der Waals surface area contributed by atoms with Crippen molar-refractivity contribution in [1.29, 1.82) is 5.41 Å². The van der Waals surface area contributed by atoms with E-state index < -0.39 is 11.6 Å². The largest absolute Gasteiger partial charge is 0.396 e. The quantitative estimate of drug-likeness (QED) is 0.548. The maximum Gasteiger partial charge on any atom is 0.163 e. The first kappa shape index (κ1) is 14.7. The van der Waals surface area contributed by atoms with Crippen LogP contribution in [0, 0.1) is 17.0 Å². The second kappa shape index (κ2) is 5.76. The SMILES string of the molecule is N=Cc1cc(Nc2ccc(F)c(Cl)c2)c(Br)c(F)c1N. The lowest BCUT2D eigenvalue weighted by atomic mass is 10.1. The average molecular weight is 361 g/mol. The van der Waals surface area contributed by atoms with Crippen molar-refractivity contribution in [2.45, 2.75) is 0 Å². The number of hydrogen-bond acceptors (Lipinski definition) is 3. The van der Waals surface area contributed by atoms with E-state index in [1.54, 1.807) is 0 Å². The highest BCUT2D eigenvalue weighted by Crippen LogP contribution is 2.34. The molecule has 7 heteroatoms. The summed E-state index contributed by atoms with van der Waals surface area (Å²) in [5.41, 5.74) is 6.51. The number of nitrogens with two attached hydrogens (primary N) is 1. The highest BCUT2D eigenvalue weighted by atomic mass is 79.9. The zero-order valence-corrected chi connectivity index (χ0v) is 12.3. The highest BCUT2D eigenvalue weighted by Gasteiger charge is 2.14. The maximum atomic E-state index is 13.9. The molecule has 3 nitrogen and oxygen atoms in total. The number of hydrogen-bond donors (Lipinski definition) is 3. The Morgan fingerprint density at radius 3 is 2.60 bits per heavy atom. The summed E-state index contributed by atoms with van der Waals surface area (Å²) in [6, 6.07) is 5.55. The molecule has 0 aliphatic rings. The standard InChI is InChI=1S/C13H9BrClF2N3/c14-11-10(3-6(5-18)13(19)12(11)17)20-7-1-2-9(16)8(15)4-7/h1-5,18,20H,19H2. The third-order valence-electron chi connectivity index (χ3n) is 2.63. The molecule has 2 rings (SSSR count). The minimum Gasteiger partial charge on any atom is -0.396 e. The molecule has 0 fully saturated rings. The number of halogens is 4. The molecule has 2 aromatic carbocycles. The molecule has 0 spiro atoms. The normalized spacial score (nSPS) is 10.4. The second-order valence-electron chi connectivity index (χ2n) is 3.95. The summed E-state index contributed by atoms with van der Waals surface area (Å²) in [6.07, 6.45) is 0.952. The van der Waals surface area contributed by atoms with Gasteiger partial charge in [-0.25, -0.2) is 8.78 Å². The van der Waals surface area contributed by atoms with Gasteiger partial charge in [0.25, 0.3) is 0 Å². The van der Waals surface area contributed by atoms with Crippen molar-refractivity contribution in [1.82, 2.24) is 0 Å². The molecule has 2 aromatic rings. The number of rotatable bonds is 3. The van der Waals surface area contributed by atoms with E-state index in [1.165, 1.54) is 24.3 Å². The summed E-state index contributed by atoms with van der Waals surface area (Å²) in [4.78, 5) is 0.